The number of hydrogen-bond donors (Lipinski definition) is 3. The van der Waals surface area contributed by atoms with E-state index in [1.807, 2.05) is 20.8 Å². The summed E-state index contributed by atoms with van der Waals surface area (Å²) in [5.41, 5.74) is 7.27. The van der Waals surface area contributed by atoms with Crippen LogP contribution < -0.4 is 25.8 Å². The Kier molecular flexibility index (Phi) is 7.15. The topological polar surface area (TPSA) is 121 Å². The summed E-state index contributed by atoms with van der Waals surface area (Å²) >= 11 is 1.29. The molecule has 0 aliphatic carbocycles. The van der Waals surface area contributed by atoms with Gasteiger partial charge in [-0.3, -0.25) is 0 Å². The van der Waals surface area contributed by atoms with Crippen molar-refractivity contribution in [3.05, 3.63) is 34.2 Å². The number of methoxy groups -OCH3 is 2. The molecule has 174 valence electrons. The number of fused-ring (bicyclic) bond motifs is 1. The van der Waals surface area contributed by atoms with Gasteiger partial charge in [0.25, 0.3) is 0 Å². The Balaban J connectivity index is 1.69. The van der Waals surface area contributed by atoms with E-state index in [0.717, 1.165) is 10.4 Å². The lowest BCUT2D eigenvalue weighted by atomic mass is 10.0. The molecule has 1 unspecified atom stereocenters. The summed E-state index contributed by atoms with van der Waals surface area (Å²) in [6.07, 6.45) is 0.148. The third kappa shape index (κ3) is 5.43. The maximum absolute atomic E-state index is 12.7. The zero-order valence-electron chi connectivity index (χ0n) is 18.9. The summed E-state index contributed by atoms with van der Waals surface area (Å²) < 4.78 is 21.8. The number of nitrogens with two attached hydrogens (primary N) is 1. The second-order valence-electron chi connectivity index (χ2n) is 8.20. The van der Waals surface area contributed by atoms with Crippen LogP contribution in [0.2, 0.25) is 0 Å². The summed E-state index contributed by atoms with van der Waals surface area (Å²) in [4.78, 5) is 26.0. The Bertz CT molecular complexity index is 998. The molecule has 0 radical (unpaired) electrons. The predicted octanol–water partition coefficient (Wildman–Crippen LogP) is 3.74. The van der Waals surface area contributed by atoms with Crippen LogP contribution in [0.4, 0.5) is 15.5 Å². The van der Waals surface area contributed by atoms with Crippen molar-refractivity contribution in [2.75, 3.05) is 38.4 Å². The molecular weight excluding hydrogens is 434 g/mol. The molecule has 10 heteroatoms. The fourth-order valence-electron chi connectivity index (χ4n) is 3.35. The maximum Gasteiger partial charge on any atom is 0.341 e. The lowest BCUT2D eigenvalue weighted by Crippen LogP contribution is -2.34. The Morgan fingerprint density at radius 3 is 2.66 bits per heavy atom. The highest BCUT2D eigenvalue weighted by atomic mass is 32.1. The van der Waals surface area contributed by atoms with Gasteiger partial charge in [0.15, 0.2) is 0 Å². The molecule has 4 N–H and O–H groups in total. The number of nitrogen functional groups attached to an aromatic ring is 1. The molecule has 3 rings (SSSR count). The number of amides is 2. The molecule has 0 fully saturated rings. The number of carbonyl (C=O) groups excluding carboxylic acids is 2. The molecule has 9 nitrogen and oxygen atoms in total. The van der Waals surface area contributed by atoms with Crippen LogP contribution in [-0.4, -0.2) is 45.0 Å². The van der Waals surface area contributed by atoms with E-state index in [4.69, 9.17) is 24.7 Å². The average molecular weight is 464 g/mol. The van der Waals surface area contributed by atoms with E-state index in [1.54, 1.807) is 25.3 Å². The average Bonchev–Trinajstić information content (AvgIpc) is 3.07. The lowest BCUT2D eigenvalue weighted by Gasteiger charge is -2.25. The van der Waals surface area contributed by atoms with Crippen molar-refractivity contribution in [2.45, 2.75) is 38.9 Å². The van der Waals surface area contributed by atoms with Gasteiger partial charge in [0.1, 0.15) is 28.2 Å². The number of carbonyl (C=O) groups is 2. The number of anilines is 2. The van der Waals surface area contributed by atoms with E-state index in [1.165, 1.54) is 18.4 Å². The molecular formula is C22H29N3O6S. The van der Waals surface area contributed by atoms with Gasteiger partial charge in [-0.15, -0.1) is 11.3 Å². The molecule has 1 aromatic carbocycles. The normalized spacial score (nSPS) is 15.5. The first-order chi connectivity index (χ1) is 15.1. The Hall–Kier alpha value is -2.98. The molecule has 2 heterocycles. The van der Waals surface area contributed by atoms with Crippen LogP contribution in [0, 0.1) is 0 Å². The summed E-state index contributed by atoms with van der Waals surface area (Å²) in [6.45, 7) is 6.06. The molecule has 0 bridgehead atoms. The molecule has 1 aromatic heterocycles. The van der Waals surface area contributed by atoms with Crippen molar-refractivity contribution in [3.63, 3.8) is 0 Å². The number of rotatable bonds is 6. The third-order valence-corrected chi connectivity index (χ3v) is 5.89. The van der Waals surface area contributed by atoms with Gasteiger partial charge in [-0.1, -0.05) is 0 Å². The van der Waals surface area contributed by atoms with Crippen LogP contribution in [0.3, 0.4) is 0 Å². The summed E-state index contributed by atoms with van der Waals surface area (Å²) in [7, 11) is 3.07. The lowest BCUT2D eigenvalue weighted by molar-refractivity contribution is 0.00658. The van der Waals surface area contributed by atoms with Gasteiger partial charge < -0.3 is 35.3 Å². The van der Waals surface area contributed by atoms with Crippen molar-refractivity contribution in [2.24, 2.45) is 0 Å². The van der Waals surface area contributed by atoms with Gasteiger partial charge in [-0.2, -0.15) is 0 Å². The van der Waals surface area contributed by atoms with E-state index >= 15 is 0 Å². The van der Waals surface area contributed by atoms with Gasteiger partial charge in [0.05, 0.1) is 38.6 Å². The maximum atomic E-state index is 12.7. The van der Waals surface area contributed by atoms with E-state index in [2.05, 4.69) is 10.6 Å². The number of urea groups is 1. The zero-order chi connectivity index (χ0) is 23.5. The van der Waals surface area contributed by atoms with Gasteiger partial charge >= 0.3 is 12.0 Å². The smallest absolute Gasteiger partial charge is 0.341 e. The number of hydrogen-bond acceptors (Lipinski definition) is 8. The van der Waals surface area contributed by atoms with E-state index in [-0.39, 0.29) is 6.54 Å². The second-order valence-corrected chi connectivity index (χ2v) is 9.28. The number of nitrogens with one attached hydrogen (secondary N) is 2. The summed E-state index contributed by atoms with van der Waals surface area (Å²) in [5.74, 6) is 0.654. The molecule has 32 heavy (non-hydrogen) atoms. The predicted molar refractivity (Wildman–Crippen MR) is 123 cm³/mol. The van der Waals surface area contributed by atoms with Crippen molar-refractivity contribution in [3.8, 4) is 11.5 Å². The molecule has 0 saturated heterocycles. The molecule has 1 aliphatic rings. The molecule has 1 aliphatic heterocycles. The molecule has 1 atom stereocenters. The van der Waals surface area contributed by atoms with Crippen molar-refractivity contribution in [1.82, 2.24) is 5.32 Å². The summed E-state index contributed by atoms with van der Waals surface area (Å²) in [6, 6.07) is 4.68. The molecule has 2 amide bonds. The Morgan fingerprint density at radius 2 is 2.00 bits per heavy atom. The van der Waals surface area contributed by atoms with Gasteiger partial charge in [0.2, 0.25) is 0 Å². The second kappa shape index (κ2) is 9.66. The van der Waals surface area contributed by atoms with Crippen molar-refractivity contribution >= 4 is 34.0 Å². The number of thiophene rings is 1. The summed E-state index contributed by atoms with van der Waals surface area (Å²) in [5, 5.41) is 5.96. The number of benzene rings is 1. The van der Waals surface area contributed by atoms with Gasteiger partial charge in [-0.05, 0) is 44.9 Å². The highest BCUT2D eigenvalue weighted by molar-refractivity contribution is 7.16. The first kappa shape index (κ1) is 23.7. The first-order valence-electron chi connectivity index (χ1n) is 10.2. The minimum Gasteiger partial charge on any atom is -0.497 e. The monoisotopic (exact) mass is 463 g/mol. The standard InChI is InChI=1S/C22H29N3O6S/c1-22(2,3)31-20(26)17-13-8-9-30-16(18(13)32-19(17)23)11-24-21(27)25-14-7-6-12(28-4)10-15(14)29-5/h6-7,10,16H,8-9,11,23H2,1-5H3,(H2,24,25,27). The van der Waals surface area contributed by atoms with Crippen LogP contribution in [0.5, 0.6) is 11.5 Å². The Labute approximate surface area is 191 Å². The van der Waals surface area contributed by atoms with Crippen LogP contribution >= 0.6 is 11.3 Å². The van der Waals surface area contributed by atoms with Crippen molar-refractivity contribution < 1.29 is 28.5 Å². The highest BCUT2D eigenvalue weighted by Gasteiger charge is 2.32. The largest absolute Gasteiger partial charge is 0.497 e. The van der Waals surface area contributed by atoms with Crippen LogP contribution in [0.1, 0.15) is 47.7 Å². The molecule has 0 spiro atoms. The first-order valence-corrected chi connectivity index (χ1v) is 11.0. The van der Waals surface area contributed by atoms with Gasteiger partial charge in [-0.25, -0.2) is 9.59 Å². The number of esters is 1. The van der Waals surface area contributed by atoms with Crippen LogP contribution in [0.15, 0.2) is 18.2 Å². The fourth-order valence-corrected chi connectivity index (χ4v) is 4.50. The molecule has 0 saturated carbocycles. The zero-order valence-corrected chi connectivity index (χ0v) is 19.7. The minimum atomic E-state index is -0.620. The Morgan fingerprint density at radius 1 is 1.25 bits per heavy atom. The SMILES string of the molecule is COc1ccc(NC(=O)NCC2OCCc3c2sc(N)c3C(=O)OC(C)(C)C)c(OC)c1. The fraction of sp³-hybridized carbons (Fsp3) is 0.455. The van der Waals surface area contributed by atoms with E-state index in [9.17, 15) is 9.59 Å². The van der Waals surface area contributed by atoms with Gasteiger partial charge in [0, 0.05) is 10.9 Å². The van der Waals surface area contributed by atoms with E-state index in [0.29, 0.717) is 40.8 Å². The van der Waals surface area contributed by atoms with Crippen LogP contribution in [0.25, 0.3) is 0 Å². The highest BCUT2D eigenvalue weighted by Crippen LogP contribution is 2.40. The quantitative estimate of drug-likeness (QED) is 0.558. The van der Waals surface area contributed by atoms with Crippen molar-refractivity contribution in [1.29, 1.82) is 0 Å². The number of ether oxygens (including phenoxy) is 4. The van der Waals surface area contributed by atoms with Crippen LogP contribution in [-0.2, 0) is 15.9 Å². The van der Waals surface area contributed by atoms with E-state index < -0.39 is 23.7 Å². The molecule has 2 aromatic rings. The minimum absolute atomic E-state index is 0.213. The third-order valence-electron chi connectivity index (χ3n) is 4.74.